The molecule has 164 valence electrons. The van der Waals surface area contributed by atoms with E-state index in [1.54, 1.807) is 0 Å². The molecule has 1 amide bonds. The lowest BCUT2D eigenvalue weighted by Crippen LogP contribution is -2.39. The maximum absolute atomic E-state index is 12.7. The van der Waals surface area contributed by atoms with Gasteiger partial charge in [0.25, 0.3) is 0 Å². The average molecular weight is 458 g/mol. The van der Waals surface area contributed by atoms with Crippen LogP contribution in [0.1, 0.15) is 22.3 Å². The van der Waals surface area contributed by atoms with E-state index in [4.69, 9.17) is 4.99 Å². The normalized spacial score (nSPS) is 21.7. The van der Waals surface area contributed by atoms with Crippen molar-refractivity contribution in [3.63, 3.8) is 0 Å². The summed E-state index contributed by atoms with van der Waals surface area (Å²) in [4.78, 5) is 19.4. The molecule has 0 aliphatic carbocycles. The van der Waals surface area contributed by atoms with Gasteiger partial charge in [-0.2, -0.15) is 0 Å². The highest BCUT2D eigenvalue weighted by Crippen LogP contribution is 2.36. The molecule has 0 unspecified atom stereocenters. The van der Waals surface area contributed by atoms with Crippen molar-refractivity contribution in [1.82, 2.24) is 0 Å². The first-order chi connectivity index (χ1) is 14.6. The van der Waals surface area contributed by atoms with Crippen molar-refractivity contribution in [2.75, 3.05) is 27.5 Å². The molecule has 0 bridgehead atoms. The molecule has 2 aliphatic rings. The third-order valence-electron chi connectivity index (χ3n) is 5.95. The Balaban J connectivity index is 1.54. The summed E-state index contributed by atoms with van der Waals surface area (Å²) in [5.74, 6) is 0.264. The number of sulfone groups is 1. The molecule has 6 nitrogen and oxygen atoms in total. The molecule has 4 rings (SSSR count). The molecule has 2 aromatic rings. The number of amidine groups is 1. The van der Waals surface area contributed by atoms with Crippen molar-refractivity contribution in [2.45, 2.75) is 39.8 Å². The number of hydrogen-bond donors (Lipinski definition) is 1. The highest BCUT2D eigenvalue weighted by atomic mass is 32.2. The third kappa shape index (κ3) is 4.50. The van der Waals surface area contributed by atoms with Crippen molar-refractivity contribution in [3.05, 3.63) is 58.7 Å². The summed E-state index contributed by atoms with van der Waals surface area (Å²) in [5, 5.41) is 3.72. The van der Waals surface area contributed by atoms with E-state index in [2.05, 4.69) is 11.4 Å². The van der Waals surface area contributed by atoms with Gasteiger partial charge in [0, 0.05) is 11.4 Å². The predicted molar refractivity (Wildman–Crippen MR) is 129 cm³/mol. The number of rotatable bonds is 4. The first kappa shape index (κ1) is 21.9. The lowest BCUT2D eigenvalue weighted by atomic mass is 10.1. The Labute approximate surface area is 188 Å². The smallest absolute Gasteiger partial charge is 0.234 e. The lowest BCUT2D eigenvalue weighted by Gasteiger charge is -2.27. The molecule has 31 heavy (non-hydrogen) atoms. The number of aliphatic imine (C=N–C) groups is 1. The van der Waals surface area contributed by atoms with Crippen molar-refractivity contribution in [3.8, 4) is 0 Å². The Morgan fingerprint density at radius 2 is 1.77 bits per heavy atom. The molecule has 0 aromatic heterocycles. The predicted octanol–water partition coefficient (Wildman–Crippen LogP) is 3.63. The first-order valence-corrected chi connectivity index (χ1v) is 13.1. The Morgan fingerprint density at radius 3 is 2.45 bits per heavy atom. The zero-order valence-corrected chi connectivity index (χ0v) is 19.8. The molecule has 1 N–H and O–H groups in total. The van der Waals surface area contributed by atoms with E-state index < -0.39 is 9.84 Å². The number of carbonyl (C=O) groups is 1. The largest absolute Gasteiger partial charge is 0.325 e. The van der Waals surface area contributed by atoms with Crippen LogP contribution in [0.5, 0.6) is 0 Å². The molecule has 2 aromatic carbocycles. The number of fused-ring (bicyclic) bond motifs is 1. The Morgan fingerprint density at radius 1 is 1.06 bits per heavy atom. The third-order valence-corrected chi connectivity index (χ3v) is 8.62. The molecule has 8 heteroatoms. The number of hydrogen-bond acceptors (Lipinski definition) is 6. The van der Waals surface area contributed by atoms with E-state index in [0.29, 0.717) is 5.17 Å². The van der Waals surface area contributed by atoms with Gasteiger partial charge in [-0.05, 0) is 62.1 Å². The van der Waals surface area contributed by atoms with Crippen LogP contribution in [0.4, 0.5) is 11.4 Å². The van der Waals surface area contributed by atoms with E-state index in [1.807, 2.05) is 62.9 Å². The number of benzene rings is 2. The highest BCUT2D eigenvalue weighted by Gasteiger charge is 2.47. The minimum Gasteiger partial charge on any atom is -0.325 e. The molecular formula is C23H27N3O3S2. The van der Waals surface area contributed by atoms with Crippen LogP contribution in [-0.4, -0.2) is 48.8 Å². The van der Waals surface area contributed by atoms with Crippen LogP contribution in [0, 0.1) is 27.7 Å². The highest BCUT2D eigenvalue weighted by molar-refractivity contribution is 8.14. The van der Waals surface area contributed by atoms with Crippen LogP contribution in [-0.2, 0) is 14.6 Å². The minimum atomic E-state index is -3.11. The van der Waals surface area contributed by atoms with Gasteiger partial charge in [0.1, 0.15) is 0 Å². The van der Waals surface area contributed by atoms with Crippen LogP contribution < -0.4 is 10.2 Å². The number of aryl methyl sites for hydroxylation is 4. The molecule has 2 heterocycles. The van der Waals surface area contributed by atoms with Crippen LogP contribution >= 0.6 is 11.8 Å². The van der Waals surface area contributed by atoms with E-state index in [9.17, 15) is 13.2 Å². The van der Waals surface area contributed by atoms with E-state index in [0.717, 1.165) is 28.1 Å². The van der Waals surface area contributed by atoms with Gasteiger partial charge in [-0.15, -0.1) is 0 Å². The molecule has 0 spiro atoms. The van der Waals surface area contributed by atoms with E-state index in [-0.39, 0.29) is 35.2 Å². The lowest BCUT2D eigenvalue weighted by molar-refractivity contribution is -0.113. The van der Waals surface area contributed by atoms with Gasteiger partial charge in [-0.1, -0.05) is 36.0 Å². The number of amides is 1. The Kier molecular flexibility index (Phi) is 5.87. The van der Waals surface area contributed by atoms with Gasteiger partial charge in [-0.3, -0.25) is 9.79 Å². The SMILES string of the molecule is Cc1ccc(N2C(SCC(=O)Nc3c(C)cccc3C)=N[C@H]3CS(=O)(=O)C[C@@H]32)cc1C. The fourth-order valence-electron chi connectivity index (χ4n) is 4.13. The zero-order chi connectivity index (χ0) is 22.3. The number of nitrogens with one attached hydrogen (secondary N) is 1. The summed E-state index contributed by atoms with van der Waals surface area (Å²) in [6.07, 6.45) is 0. The summed E-state index contributed by atoms with van der Waals surface area (Å²) in [6.45, 7) is 8.03. The second-order valence-electron chi connectivity index (χ2n) is 8.37. The molecule has 0 radical (unpaired) electrons. The van der Waals surface area contributed by atoms with Gasteiger partial charge in [-0.25, -0.2) is 8.42 Å². The van der Waals surface area contributed by atoms with Gasteiger partial charge >= 0.3 is 0 Å². The van der Waals surface area contributed by atoms with Crippen molar-refractivity contribution in [2.24, 2.45) is 4.99 Å². The molecule has 0 saturated carbocycles. The number of anilines is 2. The van der Waals surface area contributed by atoms with Crippen molar-refractivity contribution < 1.29 is 13.2 Å². The van der Waals surface area contributed by atoms with Gasteiger partial charge in [0.2, 0.25) is 5.91 Å². The van der Waals surface area contributed by atoms with Gasteiger partial charge in [0.15, 0.2) is 15.0 Å². The first-order valence-electron chi connectivity index (χ1n) is 10.3. The Hall–Kier alpha value is -2.32. The number of carbonyl (C=O) groups excluding carboxylic acids is 1. The second kappa shape index (κ2) is 8.31. The van der Waals surface area contributed by atoms with Crippen molar-refractivity contribution >= 4 is 44.0 Å². The fraction of sp³-hybridized carbons (Fsp3) is 0.391. The van der Waals surface area contributed by atoms with Crippen LogP contribution in [0.2, 0.25) is 0 Å². The maximum atomic E-state index is 12.7. The van der Waals surface area contributed by atoms with E-state index >= 15 is 0 Å². The molecule has 2 atom stereocenters. The Bertz CT molecular complexity index is 1150. The standard InChI is InChI=1S/C23H27N3O3S2/c1-14-8-9-18(10-17(14)4)26-20-13-31(28,29)12-19(20)24-23(26)30-11-21(27)25-22-15(2)6-5-7-16(22)3/h5-10,19-20H,11-13H2,1-4H3,(H,25,27)/t19-,20-/m0/s1. The van der Waals surface area contributed by atoms with E-state index in [1.165, 1.54) is 17.3 Å². The maximum Gasteiger partial charge on any atom is 0.234 e. The average Bonchev–Trinajstić information content (AvgIpc) is 3.16. The monoisotopic (exact) mass is 457 g/mol. The summed E-state index contributed by atoms with van der Waals surface area (Å²) < 4.78 is 24.4. The molecular weight excluding hydrogens is 430 g/mol. The number of nitrogens with zero attached hydrogens (tertiary/aromatic N) is 2. The van der Waals surface area contributed by atoms with Crippen LogP contribution in [0.3, 0.4) is 0 Å². The van der Waals surface area contributed by atoms with Gasteiger partial charge in [0.05, 0.1) is 29.3 Å². The molecule has 1 fully saturated rings. The second-order valence-corrected chi connectivity index (χ2v) is 11.5. The van der Waals surface area contributed by atoms with Crippen LogP contribution in [0.15, 0.2) is 41.4 Å². The summed E-state index contributed by atoms with van der Waals surface area (Å²) >= 11 is 1.36. The zero-order valence-electron chi connectivity index (χ0n) is 18.2. The topological polar surface area (TPSA) is 78.8 Å². The minimum absolute atomic E-state index is 0.0671. The van der Waals surface area contributed by atoms with Crippen LogP contribution in [0.25, 0.3) is 0 Å². The molecule has 1 saturated heterocycles. The summed E-state index contributed by atoms with van der Waals surface area (Å²) in [5.41, 5.74) is 6.13. The summed E-state index contributed by atoms with van der Waals surface area (Å²) in [6, 6.07) is 11.5. The number of thioether (sulfide) groups is 1. The molecule has 2 aliphatic heterocycles. The summed E-state index contributed by atoms with van der Waals surface area (Å²) in [7, 11) is -3.11. The fourth-order valence-corrected chi connectivity index (χ4v) is 6.89. The van der Waals surface area contributed by atoms with Crippen molar-refractivity contribution in [1.29, 1.82) is 0 Å². The number of para-hydroxylation sites is 1. The quantitative estimate of drug-likeness (QED) is 0.758. The van der Waals surface area contributed by atoms with Gasteiger partial charge < -0.3 is 10.2 Å².